The van der Waals surface area contributed by atoms with Crippen molar-refractivity contribution in [1.29, 1.82) is 0 Å². The van der Waals surface area contributed by atoms with Crippen LogP contribution in [0.25, 0.3) is 5.65 Å². The van der Waals surface area contributed by atoms with Gasteiger partial charge in [-0.3, -0.25) is 4.40 Å². The number of rotatable bonds is 4. The van der Waals surface area contributed by atoms with Gasteiger partial charge in [-0.1, -0.05) is 45.5 Å². The van der Waals surface area contributed by atoms with Crippen LogP contribution in [0, 0.1) is 5.41 Å². The Kier molecular flexibility index (Phi) is 4.16. The third kappa shape index (κ3) is 3.09. The van der Waals surface area contributed by atoms with E-state index in [9.17, 15) is 0 Å². The van der Waals surface area contributed by atoms with Crippen molar-refractivity contribution >= 4 is 17.4 Å². The Labute approximate surface area is 118 Å². The summed E-state index contributed by atoms with van der Waals surface area (Å²) in [6, 6.07) is 6.08. The molecule has 2 atom stereocenters. The summed E-state index contributed by atoms with van der Waals surface area (Å²) in [4.78, 5) is 0. The fourth-order valence-corrected chi connectivity index (χ4v) is 3.44. The Morgan fingerprint density at radius 1 is 1.32 bits per heavy atom. The summed E-state index contributed by atoms with van der Waals surface area (Å²) in [5.74, 6) is 0. The Hall–Kier alpha value is -1.07. The van der Waals surface area contributed by atoms with E-state index in [-0.39, 0.29) is 11.5 Å². The minimum Gasteiger partial charge on any atom is -0.327 e. The van der Waals surface area contributed by atoms with Crippen LogP contribution in [0.5, 0.6) is 0 Å². The smallest absolute Gasteiger partial charge is 0.195 e. The van der Waals surface area contributed by atoms with Crippen molar-refractivity contribution in [3.8, 4) is 0 Å². The van der Waals surface area contributed by atoms with Gasteiger partial charge in [0, 0.05) is 17.5 Å². The molecule has 0 spiro atoms. The first kappa shape index (κ1) is 14.3. The number of hydrogen-bond donors (Lipinski definition) is 1. The first-order valence-corrected chi connectivity index (χ1v) is 7.53. The molecular formula is C14H22N4S. The predicted octanol–water partition coefficient (Wildman–Crippen LogP) is 2.97. The summed E-state index contributed by atoms with van der Waals surface area (Å²) < 4.78 is 2.02. The zero-order valence-corrected chi connectivity index (χ0v) is 12.8. The fourth-order valence-electron chi connectivity index (χ4n) is 2.13. The molecule has 2 heterocycles. The van der Waals surface area contributed by atoms with Crippen LogP contribution in [-0.4, -0.2) is 25.9 Å². The molecule has 104 valence electrons. The maximum atomic E-state index is 6.29. The molecule has 2 aromatic rings. The highest BCUT2D eigenvalue weighted by Gasteiger charge is 2.31. The van der Waals surface area contributed by atoms with Crippen molar-refractivity contribution in [3.05, 3.63) is 24.4 Å². The van der Waals surface area contributed by atoms with Gasteiger partial charge in [-0.25, -0.2) is 0 Å². The minimum atomic E-state index is 0.126. The lowest BCUT2D eigenvalue weighted by Crippen LogP contribution is -2.40. The highest BCUT2D eigenvalue weighted by atomic mass is 32.2. The van der Waals surface area contributed by atoms with Gasteiger partial charge in [0.2, 0.25) is 0 Å². The fraction of sp³-hybridized carbons (Fsp3) is 0.571. The topological polar surface area (TPSA) is 56.2 Å². The van der Waals surface area contributed by atoms with Crippen LogP contribution in [0.15, 0.2) is 29.6 Å². The third-order valence-electron chi connectivity index (χ3n) is 3.23. The summed E-state index contributed by atoms with van der Waals surface area (Å²) in [6.45, 7) is 8.81. The summed E-state index contributed by atoms with van der Waals surface area (Å²) in [7, 11) is 0. The van der Waals surface area contributed by atoms with Crippen molar-refractivity contribution in [1.82, 2.24) is 14.6 Å². The second kappa shape index (κ2) is 5.51. The van der Waals surface area contributed by atoms with Crippen molar-refractivity contribution < 1.29 is 0 Å². The Balaban J connectivity index is 2.31. The second-order valence-corrected chi connectivity index (χ2v) is 7.00. The molecule has 4 nitrogen and oxygen atoms in total. The van der Waals surface area contributed by atoms with E-state index in [1.165, 1.54) is 0 Å². The van der Waals surface area contributed by atoms with E-state index in [4.69, 9.17) is 5.73 Å². The largest absolute Gasteiger partial charge is 0.327 e. The lowest BCUT2D eigenvalue weighted by Gasteiger charge is -2.33. The maximum Gasteiger partial charge on any atom is 0.195 e. The van der Waals surface area contributed by atoms with Crippen LogP contribution in [0.3, 0.4) is 0 Å². The van der Waals surface area contributed by atoms with Gasteiger partial charge < -0.3 is 5.73 Å². The quantitative estimate of drug-likeness (QED) is 0.874. The number of aromatic nitrogens is 3. The number of nitrogens with two attached hydrogens (primary N) is 1. The molecule has 2 aromatic heterocycles. The van der Waals surface area contributed by atoms with Gasteiger partial charge in [-0.2, -0.15) is 0 Å². The number of thioether (sulfide) groups is 1. The number of pyridine rings is 1. The van der Waals surface area contributed by atoms with Gasteiger partial charge in [-0.05, 0) is 24.0 Å². The van der Waals surface area contributed by atoms with Crippen LogP contribution < -0.4 is 5.73 Å². The van der Waals surface area contributed by atoms with E-state index in [2.05, 4.69) is 37.9 Å². The van der Waals surface area contributed by atoms with E-state index in [0.29, 0.717) is 5.25 Å². The molecule has 0 aliphatic carbocycles. The Bertz CT molecular complexity index is 544. The van der Waals surface area contributed by atoms with E-state index in [1.54, 1.807) is 11.8 Å². The zero-order valence-electron chi connectivity index (χ0n) is 12.0. The Morgan fingerprint density at radius 3 is 2.68 bits per heavy atom. The van der Waals surface area contributed by atoms with Gasteiger partial charge in [-0.15, -0.1) is 10.2 Å². The predicted molar refractivity (Wildman–Crippen MR) is 80.4 cm³/mol. The van der Waals surface area contributed by atoms with Gasteiger partial charge in [0.25, 0.3) is 0 Å². The van der Waals surface area contributed by atoms with Crippen LogP contribution in [0.1, 0.15) is 34.1 Å². The SMILES string of the molecule is CCC(N)C(Sc1nnc2ccccn12)C(C)(C)C. The van der Waals surface area contributed by atoms with E-state index in [1.807, 2.05) is 28.8 Å². The average Bonchev–Trinajstić information content (AvgIpc) is 2.77. The second-order valence-electron chi connectivity index (χ2n) is 5.89. The highest BCUT2D eigenvalue weighted by molar-refractivity contribution is 7.99. The zero-order chi connectivity index (χ0) is 14.0. The third-order valence-corrected chi connectivity index (χ3v) is 5.03. The molecule has 0 aliphatic rings. The molecule has 19 heavy (non-hydrogen) atoms. The standard InChI is InChI=1S/C14H22N4S/c1-5-10(15)12(14(2,3)4)19-13-17-16-11-8-6-7-9-18(11)13/h6-10,12H,5,15H2,1-4H3. The van der Waals surface area contributed by atoms with Crippen LogP contribution >= 0.6 is 11.8 Å². The van der Waals surface area contributed by atoms with Crippen LogP contribution in [-0.2, 0) is 0 Å². The molecule has 5 heteroatoms. The molecule has 0 saturated heterocycles. The van der Waals surface area contributed by atoms with Gasteiger partial charge >= 0.3 is 0 Å². The summed E-state index contributed by atoms with van der Waals surface area (Å²) >= 11 is 1.73. The van der Waals surface area contributed by atoms with E-state index in [0.717, 1.165) is 17.2 Å². The molecule has 0 saturated carbocycles. The minimum absolute atomic E-state index is 0.126. The number of fused-ring (bicyclic) bond motifs is 1. The Morgan fingerprint density at radius 2 is 2.05 bits per heavy atom. The van der Waals surface area contributed by atoms with Gasteiger partial charge in [0.05, 0.1) is 0 Å². The van der Waals surface area contributed by atoms with Crippen molar-refractivity contribution in [2.24, 2.45) is 11.1 Å². The molecular weight excluding hydrogens is 256 g/mol. The molecule has 2 N–H and O–H groups in total. The molecule has 0 radical (unpaired) electrons. The van der Waals surface area contributed by atoms with Gasteiger partial charge in [0.1, 0.15) is 0 Å². The van der Waals surface area contributed by atoms with Crippen molar-refractivity contribution in [3.63, 3.8) is 0 Å². The first-order chi connectivity index (χ1) is 8.93. The van der Waals surface area contributed by atoms with E-state index < -0.39 is 0 Å². The van der Waals surface area contributed by atoms with Crippen molar-refractivity contribution in [2.45, 2.75) is 50.6 Å². The molecule has 0 amide bonds. The first-order valence-electron chi connectivity index (χ1n) is 6.65. The summed E-state index contributed by atoms with van der Waals surface area (Å²) in [5.41, 5.74) is 7.29. The van der Waals surface area contributed by atoms with E-state index >= 15 is 0 Å². The van der Waals surface area contributed by atoms with Crippen LogP contribution in [0.2, 0.25) is 0 Å². The maximum absolute atomic E-state index is 6.29. The average molecular weight is 278 g/mol. The molecule has 0 aliphatic heterocycles. The molecule has 2 rings (SSSR count). The van der Waals surface area contributed by atoms with Crippen LogP contribution in [0.4, 0.5) is 0 Å². The number of nitrogens with zero attached hydrogens (tertiary/aromatic N) is 3. The van der Waals surface area contributed by atoms with Crippen molar-refractivity contribution in [2.75, 3.05) is 0 Å². The molecule has 2 unspecified atom stereocenters. The lowest BCUT2D eigenvalue weighted by atomic mass is 9.87. The summed E-state index contributed by atoms with van der Waals surface area (Å²) in [5, 5.41) is 9.70. The molecule has 0 fully saturated rings. The monoisotopic (exact) mass is 278 g/mol. The summed E-state index contributed by atoms with van der Waals surface area (Å²) in [6.07, 6.45) is 2.96. The molecule has 0 bridgehead atoms. The molecule has 0 aromatic carbocycles. The van der Waals surface area contributed by atoms with Gasteiger partial charge in [0.15, 0.2) is 10.8 Å². The highest BCUT2D eigenvalue weighted by Crippen LogP contribution is 2.36. The normalized spacial score (nSPS) is 15.6. The lowest BCUT2D eigenvalue weighted by molar-refractivity contribution is 0.349. The number of hydrogen-bond acceptors (Lipinski definition) is 4.